The molecule has 0 saturated carbocycles. The van der Waals surface area contributed by atoms with Gasteiger partial charge >= 0.3 is 6.03 Å². The van der Waals surface area contributed by atoms with E-state index < -0.39 is 0 Å². The number of anilines is 2. The number of hydrogen-bond donors (Lipinski definition) is 4. The average Bonchev–Trinajstić information content (AvgIpc) is 2.75. The number of allylic oxidation sites excluding steroid dienone is 1. The molecule has 158 valence electrons. The third-order valence-corrected chi connectivity index (χ3v) is 4.67. The Bertz CT molecular complexity index is 861. The maximum atomic E-state index is 11.7. The summed E-state index contributed by atoms with van der Waals surface area (Å²) in [5.74, 6) is 1.37. The van der Waals surface area contributed by atoms with Gasteiger partial charge in [0.15, 0.2) is 0 Å². The van der Waals surface area contributed by atoms with Gasteiger partial charge in [0.2, 0.25) is 5.82 Å². The van der Waals surface area contributed by atoms with Crippen molar-refractivity contribution in [3.8, 4) is 0 Å². The molecule has 1 aliphatic heterocycles. The molecule has 0 aromatic carbocycles. The molecule has 0 spiro atoms. The van der Waals surface area contributed by atoms with Gasteiger partial charge in [-0.3, -0.25) is 15.5 Å². The van der Waals surface area contributed by atoms with Crippen molar-refractivity contribution in [1.82, 2.24) is 25.2 Å². The molecule has 2 aromatic rings. The van der Waals surface area contributed by atoms with E-state index in [1.54, 1.807) is 12.3 Å². The first-order valence-corrected chi connectivity index (χ1v) is 9.97. The zero-order chi connectivity index (χ0) is 21.2. The number of carbonyl (C=O) groups excluding carboxylic acids is 1. The summed E-state index contributed by atoms with van der Waals surface area (Å²) in [5, 5.41) is 14.3. The van der Waals surface area contributed by atoms with Gasteiger partial charge in [0.25, 0.3) is 0 Å². The zero-order valence-corrected chi connectivity index (χ0v) is 17.1. The number of hydrogen-bond acceptors (Lipinski definition) is 7. The largest absolute Gasteiger partial charge is 0.368 e. The number of rotatable bonds is 8. The molecule has 2 aromatic heterocycles. The maximum absolute atomic E-state index is 11.7. The van der Waals surface area contributed by atoms with E-state index >= 15 is 0 Å². The molecule has 3 rings (SSSR count). The van der Waals surface area contributed by atoms with Crippen LogP contribution < -0.4 is 20.9 Å². The lowest BCUT2D eigenvalue weighted by molar-refractivity contribution is -0.500. The number of piperazine rings is 1. The van der Waals surface area contributed by atoms with Crippen molar-refractivity contribution in [2.24, 2.45) is 0 Å². The van der Waals surface area contributed by atoms with Crippen LogP contribution in [0.1, 0.15) is 12.6 Å². The van der Waals surface area contributed by atoms with Gasteiger partial charge in [-0.1, -0.05) is 0 Å². The lowest BCUT2D eigenvalue weighted by Crippen LogP contribution is -2.71. The summed E-state index contributed by atoms with van der Waals surface area (Å²) in [6.45, 7) is 6.79. The normalized spacial score (nSPS) is 14.6. The standard InChI is InChI=1S/C20H27N9O/c1-2-22-20(30)27-19-12-16(25-15-26-19)14-28-8-10-29(11-9-28)17-4-5-18(24-13-17)23-7-3-6-21/h3-7,12-13,15,21H,2,8-11,14H2,1H3,(H,23,24)(H2,22,25,26,27,30)/p+1/b7-3-,21-6?. The van der Waals surface area contributed by atoms with Crippen molar-refractivity contribution in [2.75, 3.05) is 42.9 Å². The van der Waals surface area contributed by atoms with Gasteiger partial charge in [0.05, 0.1) is 17.6 Å². The van der Waals surface area contributed by atoms with Crippen molar-refractivity contribution in [3.05, 3.63) is 48.7 Å². The molecule has 0 unspecified atom stereocenters. The maximum Gasteiger partial charge on any atom is 0.320 e. The fourth-order valence-electron chi connectivity index (χ4n) is 3.16. The molecule has 0 aliphatic carbocycles. The summed E-state index contributed by atoms with van der Waals surface area (Å²) in [5.41, 5.74) is 1.99. The van der Waals surface area contributed by atoms with Crippen molar-refractivity contribution in [2.45, 2.75) is 13.5 Å². The van der Waals surface area contributed by atoms with Gasteiger partial charge in [-0.05, 0) is 13.0 Å². The Kier molecular flexibility index (Phi) is 7.81. The molecule has 1 fully saturated rings. The van der Waals surface area contributed by atoms with E-state index in [1.807, 2.05) is 30.6 Å². The van der Waals surface area contributed by atoms with Crippen LogP contribution in [0.4, 0.5) is 22.1 Å². The zero-order valence-electron chi connectivity index (χ0n) is 17.1. The first-order valence-electron chi connectivity index (χ1n) is 9.97. The van der Waals surface area contributed by atoms with Gasteiger partial charge in [-0.25, -0.2) is 19.7 Å². The van der Waals surface area contributed by atoms with E-state index in [-0.39, 0.29) is 6.03 Å². The lowest BCUT2D eigenvalue weighted by atomic mass is 10.2. The minimum Gasteiger partial charge on any atom is -0.368 e. The van der Waals surface area contributed by atoms with Gasteiger partial charge in [-0.15, -0.1) is 0 Å². The van der Waals surface area contributed by atoms with Crippen LogP contribution in [0.15, 0.2) is 43.0 Å². The third-order valence-electron chi connectivity index (χ3n) is 4.67. The second-order valence-corrected chi connectivity index (χ2v) is 6.80. The van der Waals surface area contributed by atoms with Crippen molar-refractivity contribution < 1.29 is 10.1 Å². The highest BCUT2D eigenvalue weighted by Crippen LogP contribution is 2.17. The predicted octanol–water partition coefficient (Wildman–Crippen LogP) is 0.693. The lowest BCUT2D eigenvalue weighted by Gasteiger charge is -2.35. The van der Waals surface area contributed by atoms with Crippen LogP contribution >= 0.6 is 0 Å². The van der Waals surface area contributed by atoms with E-state index in [0.717, 1.165) is 43.4 Å². The minimum absolute atomic E-state index is 0.265. The van der Waals surface area contributed by atoms with Crippen LogP contribution in [0, 0.1) is 5.41 Å². The first-order chi connectivity index (χ1) is 14.7. The van der Waals surface area contributed by atoms with Crippen LogP contribution in [-0.2, 0) is 6.54 Å². The number of nitrogens with one attached hydrogen (secondary N) is 3. The quantitative estimate of drug-likeness (QED) is 0.475. The second-order valence-electron chi connectivity index (χ2n) is 6.80. The number of nitrogens with zero attached hydrogens (tertiary/aromatic N) is 5. The van der Waals surface area contributed by atoms with Gasteiger partial charge in [0, 0.05) is 63.7 Å². The fourth-order valence-corrected chi connectivity index (χ4v) is 3.16. The molecule has 30 heavy (non-hydrogen) atoms. The molecule has 1 saturated heterocycles. The Hall–Kier alpha value is -3.37. The predicted molar refractivity (Wildman–Crippen MR) is 116 cm³/mol. The SMILES string of the molecule is CCNC(=O)Nc1cc(CN2CCN(c3ccc([NH2+]/C=C\C=N)nc3)CC2)ncn1. The highest BCUT2D eigenvalue weighted by Gasteiger charge is 2.18. The van der Waals surface area contributed by atoms with Crippen LogP contribution in [0.2, 0.25) is 0 Å². The number of pyridine rings is 1. The number of urea groups is 1. The molecular weight excluding hydrogens is 382 g/mol. The first kappa shape index (κ1) is 21.3. The molecule has 2 amide bonds. The van der Waals surface area contributed by atoms with Crippen LogP contribution in [-0.4, -0.2) is 64.8 Å². The fraction of sp³-hybridized carbons (Fsp3) is 0.350. The Balaban J connectivity index is 1.49. The minimum atomic E-state index is -0.265. The number of carbonyl (C=O) groups is 1. The van der Waals surface area contributed by atoms with Crippen LogP contribution in [0.5, 0.6) is 0 Å². The van der Waals surface area contributed by atoms with Gasteiger partial charge in [-0.2, -0.15) is 0 Å². The number of nitrogens with two attached hydrogens (primary N) is 1. The average molecular weight is 411 g/mol. The van der Waals surface area contributed by atoms with E-state index in [0.29, 0.717) is 18.9 Å². The molecule has 10 heteroatoms. The Morgan fingerprint density at radius 3 is 2.77 bits per heavy atom. The Labute approximate surface area is 175 Å². The van der Waals surface area contributed by atoms with E-state index in [4.69, 9.17) is 5.41 Å². The molecule has 0 atom stereocenters. The molecule has 0 bridgehead atoms. The third kappa shape index (κ3) is 6.33. The monoisotopic (exact) mass is 410 g/mol. The number of amides is 2. The van der Waals surface area contributed by atoms with Crippen molar-refractivity contribution in [3.63, 3.8) is 0 Å². The molecule has 0 radical (unpaired) electrons. The Morgan fingerprint density at radius 1 is 1.23 bits per heavy atom. The molecule has 10 nitrogen and oxygen atoms in total. The summed E-state index contributed by atoms with van der Waals surface area (Å²) < 4.78 is 0. The summed E-state index contributed by atoms with van der Waals surface area (Å²) in [6.07, 6.45) is 8.08. The Morgan fingerprint density at radius 2 is 2.07 bits per heavy atom. The molecule has 5 N–H and O–H groups in total. The summed E-state index contributed by atoms with van der Waals surface area (Å²) in [7, 11) is 0. The molecule has 3 heterocycles. The van der Waals surface area contributed by atoms with E-state index in [2.05, 4.69) is 41.5 Å². The summed E-state index contributed by atoms with van der Waals surface area (Å²) >= 11 is 0. The molecular formula is C20H28N9O+. The second kappa shape index (κ2) is 11.0. The van der Waals surface area contributed by atoms with Crippen LogP contribution in [0.3, 0.4) is 0 Å². The smallest absolute Gasteiger partial charge is 0.320 e. The number of quaternary nitrogens is 1. The highest BCUT2D eigenvalue weighted by molar-refractivity contribution is 5.88. The van der Waals surface area contributed by atoms with Gasteiger partial charge in [0.1, 0.15) is 18.3 Å². The van der Waals surface area contributed by atoms with Crippen molar-refractivity contribution in [1.29, 1.82) is 5.41 Å². The van der Waals surface area contributed by atoms with Crippen LogP contribution in [0.25, 0.3) is 0 Å². The van der Waals surface area contributed by atoms with E-state index in [9.17, 15) is 4.79 Å². The highest BCUT2D eigenvalue weighted by atomic mass is 16.2. The summed E-state index contributed by atoms with van der Waals surface area (Å²) in [6, 6.07) is 5.61. The van der Waals surface area contributed by atoms with Gasteiger partial charge < -0.3 is 15.6 Å². The number of aromatic nitrogens is 3. The summed E-state index contributed by atoms with van der Waals surface area (Å²) in [4.78, 5) is 29.2. The van der Waals surface area contributed by atoms with Crippen molar-refractivity contribution >= 4 is 29.6 Å². The van der Waals surface area contributed by atoms with E-state index in [1.165, 1.54) is 12.5 Å². The molecule has 1 aliphatic rings. The topological polar surface area (TPSA) is 127 Å².